The highest BCUT2D eigenvalue weighted by Gasteiger charge is 2.18. The van der Waals surface area contributed by atoms with Gasteiger partial charge >= 0.3 is 5.97 Å². The molecule has 1 aromatic rings. The van der Waals surface area contributed by atoms with Crippen LogP contribution in [0, 0.1) is 0 Å². The number of rotatable bonds is 11. The summed E-state index contributed by atoms with van der Waals surface area (Å²) in [5, 5.41) is 9.05. The van der Waals surface area contributed by atoms with Gasteiger partial charge in [0.05, 0.1) is 12.9 Å². The summed E-state index contributed by atoms with van der Waals surface area (Å²) in [5.41, 5.74) is 8.72. The number of hydrogen-bond acceptors (Lipinski definition) is 5. The molecular formula is C12H22N4O3. The summed E-state index contributed by atoms with van der Waals surface area (Å²) < 4.78 is 0. The molecule has 0 radical (unpaired) electrons. The number of nitrogens with zero attached hydrogens (tertiary/aromatic N) is 1. The first-order valence-electron chi connectivity index (χ1n) is 6.51. The average Bonchev–Trinajstić information content (AvgIpc) is 2.89. The average molecular weight is 270 g/mol. The Bertz CT molecular complexity index is 343. The first kappa shape index (κ1) is 15.6. The van der Waals surface area contributed by atoms with E-state index in [0.29, 0.717) is 19.6 Å². The lowest BCUT2D eigenvalue weighted by Crippen LogP contribution is -2.38. The molecule has 1 heterocycles. The van der Waals surface area contributed by atoms with Crippen LogP contribution in [0.3, 0.4) is 0 Å². The fraction of sp³-hybridized carbons (Fsp3) is 0.667. The van der Waals surface area contributed by atoms with Crippen LogP contribution in [-0.2, 0) is 16.1 Å². The Morgan fingerprint density at radius 1 is 1.47 bits per heavy atom. The molecule has 0 spiro atoms. The van der Waals surface area contributed by atoms with Gasteiger partial charge in [-0.15, -0.1) is 0 Å². The van der Waals surface area contributed by atoms with Crippen molar-refractivity contribution >= 4 is 5.97 Å². The van der Waals surface area contributed by atoms with Gasteiger partial charge in [0.2, 0.25) is 0 Å². The molecule has 0 fully saturated rings. The zero-order valence-corrected chi connectivity index (χ0v) is 11.0. The lowest BCUT2D eigenvalue weighted by atomic mass is 10.2. The van der Waals surface area contributed by atoms with E-state index in [1.54, 1.807) is 6.20 Å². The van der Waals surface area contributed by atoms with E-state index < -0.39 is 12.0 Å². The molecule has 0 aromatic carbocycles. The Morgan fingerprint density at radius 2 is 2.26 bits per heavy atom. The number of aromatic nitrogens is 2. The summed E-state index contributed by atoms with van der Waals surface area (Å²) in [6.45, 7) is 1.21. The van der Waals surface area contributed by atoms with Crippen molar-refractivity contribution in [2.24, 2.45) is 5.73 Å². The summed E-state index contributed by atoms with van der Waals surface area (Å²) in [5.74, 6) is -0.947. The van der Waals surface area contributed by atoms with Crippen molar-refractivity contribution in [2.75, 3.05) is 13.2 Å². The molecule has 0 saturated heterocycles. The number of carboxylic acids is 1. The minimum absolute atomic E-state index is 0.308. The number of H-pyrrole nitrogens is 1. The van der Waals surface area contributed by atoms with Crippen LogP contribution in [0.4, 0.5) is 0 Å². The fourth-order valence-electron chi connectivity index (χ4n) is 1.63. The number of hydroxylamine groups is 1. The maximum atomic E-state index is 11.0. The van der Waals surface area contributed by atoms with Crippen molar-refractivity contribution in [1.29, 1.82) is 0 Å². The van der Waals surface area contributed by atoms with Crippen molar-refractivity contribution in [3.8, 4) is 0 Å². The summed E-state index contributed by atoms with van der Waals surface area (Å²) >= 11 is 0. The second-order valence-corrected chi connectivity index (χ2v) is 4.34. The van der Waals surface area contributed by atoms with E-state index in [-0.39, 0.29) is 0 Å². The molecule has 7 nitrogen and oxygen atoms in total. The Labute approximate surface area is 112 Å². The van der Waals surface area contributed by atoms with Crippen LogP contribution in [0.1, 0.15) is 31.4 Å². The third-order valence-electron chi connectivity index (χ3n) is 2.70. The first-order valence-corrected chi connectivity index (χ1v) is 6.51. The highest BCUT2D eigenvalue weighted by atomic mass is 16.6. The standard InChI is InChI=1S/C12H22N4O3/c13-5-3-1-2-4-6-19-16-11(12(17)18)7-10-8-14-9-15-10/h8-9,11,16H,1-7,13H2,(H,14,15)(H,17,18). The number of carboxylic acid groups (broad SMARTS) is 1. The Morgan fingerprint density at radius 3 is 2.89 bits per heavy atom. The Kier molecular flexibility index (Phi) is 7.80. The number of unbranched alkanes of at least 4 members (excludes halogenated alkanes) is 3. The maximum Gasteiger partial charge on any atom is 0.323 e. The van der Waals surface area contributed by atoms with Gasteiger partial charge in [0.15, 0.2) is 0 Å². The van der Waals surface area contributed by atoms with Crippen LogP contribution in [0.15, 0.2) is 12.5 Å². The topological polar surface area (TPSA) is 113 Å². The minimum atomic E-state index is -0.947. The van der Waals surface area contributed by atoms with Crippen LogP contribution in [-0.4, -0.2) is 40.2 Å². The van der Waals surface area contributed by atoms with Crippen LogP contribution in [0.5, 0.6) is 0 Å². The first-order chi connectivity index (χ1) is 9.24. The van der Waals surface area contributed by atoms with E-state index >= 15 is 0 Å². The fourth-order valence-corrected chi connectivity index (χ4v) is 1.63. The molecule has 1 atom stereocenters. The minimum Gasteiger partial charge on any atom is -0.480 e. The SMILES string of the molecule is NCCCCCCONC(Cc1cnc[nH]1)C(=O)O. The second kappa shape index (κ2) is 9.48. The van der Waals surface area contributed by atoms with Gasteiger partial charge in [-0.05, 0) is 19.4 Å². The highest BCUT2D eigenvalue weighted by molar-refractivity contribution is 5.73. The summed E-state index contributed by atoms with van der Waals surface area (Å²) in [7, 11) is 0. The molecule has 1 rings (SSSR count). The van der Waals surface area contributed by atoms with Crippen molar-refractivity contribution in [3.05, 3.63) is 18.2 Å². The smallest absolute Gasteiger partial charge is 0.323 e. The van der Waals surface area contributed by atoms with Gasteiger partial charge in [0.25, 0.3) is 0 Å². The van der Waals surface area contributed by atoms with E-state index in [0.717, 1.165) is 31.4 Å². The van der Waals surface area contributed by atoms with E-state index in [1.165, 1.54) is 6.33 Å². The predicted molar refractivity (Wildman–Crippen MR) is 70.3 cm³/mol. The van der Waals surface area contributed by atoms with Gasteiger partial charge in [0.1, 0.15) is 6.04 Å². The van der Waals surface area contributed by atoms with Crippen LogP contribution in [0.25, 0.3) is 0 Å². The number of aromatic amines is 1. The van der Waals surface area contributed by atoms with Gasteiger partial charge in [-0.3, -0.25) is 4.79 Å². The van der Waals surface area contributed by atoms with Crippen LogP contribution in [0.2, 0.25) is 0 Å². The van der Waals surface area contributed by atoms with Gasteiger partial charge in [-0.2, -0.15) is 5.48 Å². The van der Waals surface area contributed by atoms with Crippen LogP contribution >= 0.6 is 0 Å². The normalized spacial score (nSPS) is 12.5. The van der Waals surface area contributed by atoms with Gasteiger partial charge in [-0.25, -0.2) is 4.98 Å². The highest BCUT2D eigenvalue weighted by Crippen LogP contribution is 2.01. The summed E-state index contributed by atoms with van der Waals surface area (Å²) in [4.78, 5) is 22.9. The second-order valence-electron chi connectivity index (χ2n) is 4.34. The molecule has 7 heteroatoms. The molecule has 0 bridgehead atoms. The van der Waals surface area contributed by atoms with E-state index in [4.69, 9.17) is 15.7 Å². The third-order valence-corrected chi connectivity index (χ3v) is 2.70. The Hall–Kier alpha value is -1.44. The lowest BCUT2D eigenvalue weighted by Gasteiger charge is -2.13. The van der Waals surface area contributed by atoms with E-state index in [2.05, 4.69) is 15.4 Å². The van der Waals surface area contributed by atoms with Gasteiger partial charge in [0, 0.05) is 18.3 Å². The monoisotopic (exact) mass is 270 g/mol. The molecular weight excluding hydrogens is 248 g/mol. The molecule has 0 aliphatic carbocycles. The van der Waals surface area contributed by atoms with E-state index in [1.807, 2.05) is 0 Å². The number of nitrogens with two attached hydrogens (primary N) is 1. The number of aliphatic carboxylic acids is 1. The van der Waals surface area contributed by atoms with Crippen molar-refractivity contribution in [3.63, 3.8) is 0 Å². The molecule has 19 heavy (non-hydrogen) atoms. The number of hydrogen-bond donors (Lipinski definition) is 4. The summed E-state index contributed by atoms with van der Waals surface area (Å²) in [6, 6.07) is -0.774. The van der Waals surface area contributed by atoms with Crippen molar-refractivity contribution in [2.45, 2.75) is 38.1 Å². The van der Waals surface area contributed by atoms with E-state index in [9.17, 15) is 4.79 Å². The Balaban J connectivity index is 2.14. The quantitative estimate of drug-likeness (QED) is 0.343. The molecule has 0 aliphatic rings. The van der Waals surface area contributed by atoms with Crippen LogP contribution < -0.4 is 11.2 Å². The number of carbonyl (C=O) groups is 1. The molecule has 0 aliphatic heterocycles. The number of nitrogens with one attached hydrogen (secondary N) is 2. The van der Waals surface area contributed by atoms with Crippen molar-refractivity contribution < 1.29 is 14.7 Å². The largest absolute Gasteiger partial charge is 0.480 e. The third kappa shape index (κ3) is 6.90. The zero-order valence-electron chi connectivity index (χ0n) is 11.0. The van der Waals surface area contributed by atoms with Gasteiger partial charge in [-0.1, -0.05) is 12.8 Å². The molecule has 0 amide bonds. The number of imidazole rings is 1. The maximum absolute atomic E-state index is 11.0. The lowest BCUT2D eigenvalue weighted by molar-refractivity contribution is -0.144. The molecule has 108 valence electrons. The molecule has 5 N–H and O–H groups in total. The predicted octanol–water partition coefficient (Wildman–Crippen LogP) is 0.446. The molecule has 1 aromatic heterocycles. The van der Waals surface area contributed by atoms with Crippen molar-refractivity contribution in [1.82, 2.24) is 15.4 Å². The molecule has 1 unspecified atom stereocenters. The zero-order chi connectivity index (χ0) is 13.9. The van der Waals surface area contributed by atoms with Gasteiger partial charge < -0.3 is 20.7 Å². The molecule has 0 saturated carbocycles. The summed E-state index contributed by atoms with van der Waals surface area (Å²) in [6.07, 6.45) is 7.46.